The van der Waals surface area contributed by atoms with Crippen molar-refractivity contribution in [1.82, 2.24) is 0 Å². The van der Waals surface area contributed by atoms with Crippen molar-refractivity contribution >= 4 is 17.6 Å². The predicted molar refractivity (Wildman–Crippen MR) is 63.0 cm³/mol. The number of carbonyl (C=O) groups is 2. The molecule has 0 spiro atoms. The molecule has 0 bridgehead atoms. The molecule has 0 aliphatic rings. The Morgan fingerprint density at radius 2 is 1.94 bits per heavy atom. The van der Waals surface area contributed by atoms with Crippen molar-refractivity contribution in [1.29, 1.82) is 0 Å². The number of benzene rings is 1. The van der Waals surface area contributed by atoms with Gasteiger partial charge in [0, 0.05) is 5.69 Å². The Kier molecular flexibility index (Phi) is 4.51. The van der Waals surface area contributed by atoms with E-state index in [4.69, 9.17) is 0 Å². The zero-order valence-corrected chi connectivity index (χ0v) is 10.1. The maximum absolute atomic E-state index is 11.5. The van der Waals surface area contributed by atoms with Crippen LogP contribution in [0.25, 0.3) is 0 Å². The lowest BCUT2D eigenvalue weighted by Crippen LogP contribution is -2.17. The van der Waals surface area contributed by atoms with Gasteiger partial charge in [-0.1, -0.05) is 11.6 Å². The Balaban J connectivity index is 2.90. The number of nitrogens with one attached hydrogen (secondary N) is 1. The standard InChI is InChI=1S/C12H15NO4/c1-8-4-5-10(13-7-11(14)16-2)9(6-8)12(15)17-3/h4-6,13H,7H2,1-3H3. The summed E-state index contributed by atoms with van der Waals surface area (Å²) in [5, 5.41) is 2.83. The largest absolute Gasteiger partial charge is 0.468 e. The zero-order valence-electron chi connectivity index (χ0n) is 10.1. The molecule has 5 heteroatoms. The summed E-state index contributed by atoms with van der Waals surface area (Å²) in [6, 6.07) is 5.27. The summed E-state index contributed by atoms with van der Waals surface area (Å²) in [5.74, 6) is -0.845. The highest BCUT2D eigenvalue weighted by molar-refractivity contribution is 5.96. The third-order valence-corrected chi connectivity index (χ3v) is 2.23. The van der Waals surface area contributed by atoms with Gasteiger partial charge in [0.25, 0.3) is 0 Å². The van der Waals surface area contributed by atoms with Crippen molar-refractivity contribution in [2.24, 2.45) is 0 Å². The predicted octanol–water partition coefficient (Wildman–Crippen LogP) is 1.37. The van der Waals surface area contributed by atoms with Gasteiger partial charge in [-0.25, -0.2) is 4.79 Å². The van der Waals surface area contributed by atoms with Crippen LogP contribution in [0.3, 0.4) is 0 Å². The van der Waals surface area contributed by atoms with Crippen LogP contribution >= 0.6 is 0 Å². The van der Waals surface area contributed by atoms with Crippen molar-refractivity contribution in [3.63, 3.8) is 0 Å². The number of methoxy groups -OCH3 is 2. The van der Waals surface area contributed by atoms with Crippen LogP contribution in [0.1, 0.15) is 15.9 Å². The van der Waals surface area contributed by atoms with Gasteiger partial charge in [0.2, 0.25) is 0 Å². The lowest BCUT2D eigenvalue weighted by molar-refractivity contribution is -0.138. The molecule has 0 aromatic heterocycles. The molecule has 0 aliphatic heterocycles. The number of esters is 2. The lowest BCUT2D eigenvalue weighted by Gasteiger charge is -2.10. The normalized spacial score (nSPS) is 9.59. The fraction of sp³-hybridized carbons (Fsp3) is 0.333. The Morgan fingerprint density at radius 3 is 2.53 bits per heavy atom. The van der Waals surface area contributed by atoms with Gasteiger partial charge < -0.3 is 14.8 Å². The van der Waals surface area contributed by atoms with Crippen molar-refractivity contribution < 1.29 is 19.1 Å². The highest BCUT2D eigenvalue weighted by Crippen LogP contribution is 2.18. The summed E-state index contributed by atoms with van der Waals surface area (Å²) < 4.78 is 9.17. The van der Waals surface area contributed by atoms with E-state index in [1.165, 1.54) is 14.2 Å². The summed E-state index contributed by atoms with van der Waals surface area (Å²) in [5.41, 5.74) is 1.89. The molecule has 1 N–H and O–H groups in total. The zero-order chi connectivity index (χ0) is 12.8. The summed E-state index contributed by atoms with van der Waals surface area (Å²) in [6.07, 6.45) is 0. The summed E-state index contributed by atoms with van der Waals surface area (Å²) >= 11 is 0. The number of anilines is 1. The molecule has 5 nitrogen and oxygen atoms in total. The van der Waals surface area contributed by atoms with E-state index in [9.17, 15) is 9.59 Å². The molecule has 1 rings (SSSR count). The second-order valence-corrected chi connectivity index (χ2v) is 3.47. The molecule has 0 amide bonds. The summed E-state index contributed by atoms with van der Waals surface area (Å²) in [6.45, 7) is 1.88. The van der Waals surface area contributed by atoms with Crippen LogP contribution in [0.15, 0.2) is 18.2 Å². The maximum Gasteiger partial charge on any atom is 0.339 e. The third-order valence-electron chi connectivity index (χ3n) is 2.23. The smallest absolute Gasteiger partial charge is 0.339 e. The van der Waals surface area contributed by atoms with Gasteiger partial charge in [-0.2, -0.15) is 0 Å². The Labute approximate surface area is 99.7 Å². The molecule has 1 aromatic carbocycles. The topological polar surface area (TPSA) is 64.6 Å². The van der Waals surface area contributed by atoms with Crippen LogP contribution in [0.2, 0.25) is 0 Å². The van der Waals surface area contributed by atoms with Crippen molar-refractivity contribution in [2.75, 3.05) is 26.1 Å². The minimum atomic E-state index is -0.443. The number of ether oxygens (including phenoxy) is 2. The van der Waals surface area contributed by atoms with Crippen LogP contribution in [0.5, 0.6) is 0 Å². The molecule has 0 aliphatic carbocycles. The fourth-order valence-electron chi connectivity index (χ4n) is 1.33. The first-order chi connectivity index (χ1) is 8.08. The monoisotopic (exact) mass is 237 g/mol. The van der Waals surface area contributed by atoms with Crippen molar-refractivity contribution in [3.8, 4) is 0 Å². The van der Waals surface area contributed by atoms with E-state index in [0.29, 0.717) is 11.3 Å². The number of hydrogen-bond donors (Lipinski definition) is 1. The van der Waals surface area contributed by atoms with E-state index in [0.717, 1.165) is 5.56 Å². The van der Waals surface area contributed by atoms with Gasteiger partial charge >= 0.3 is 11.9 Å². The number of aryl methyl sites for hydroxylation is 1. The van der Waals surface area contributed by atoms with E-state index in [2.05, 4.69) is 14.8 Å². The molecular weight excluding hydrogens is 222 g/mol. The van der Waals surface area contributed by atoms with Crippen LogP contribution < -0.4 is 5.32 Å². The van der Waals surface area contributed by atoms with Crippen molar-refractivity contribution in [2.45, 2.75) is 6.92 Å². The van der Waals surface area contributed by atoms with Gasteiger partial charge in [-0.05, 0) is 19.1 Å². The van der Waals surface area contributed by atoms with E-state index >= 15 is 0 Å². The maximum atomic E-state index is 11.5. The molecule has 0 saturated carbocycles. The highest BCUT2D eigenvalue weighted by Gasteiger charge is 2.12. The van der Waals surface area contributed by atoms with Crippen LogP contribution in [0, 0.1) is 6.92 Å². The molecule has 0 fully saturated rings. The molecule has 0 heterocycles. The molecule has 0 atom stereocenters. The lowest BCUT2D eigenvalue weighted by atomic mass is 10.1. The quantitative estimate of drug-likeness (QED) is 0.801. The van der Waals surface area contributed by atoms with Gasteiger partial charge in [0.1, 0.15) is 6.54 Å². The number of rotatable bonds is 4. The SMILES string of the molecule is COC(=O)CNc1ccc(C)cc1C(=O)OC. The average molecular weight is 237 g/mol. The Morgan fingerprint density at radius 1 is 1.24 bits per heavy atom. The molecule has 17 heavy (non-hydrogen) atoms. The van der Waals surface area contributed by atoms with Crippen LogP contribution in [-0.2, 0) is 14.3 Å². The minimum absolute atomic E-state index is 0.00353. The minimum Gasteiger partial charge on any atom is -0.468 e. The molecule has 0 unspecified atom stereocenters. The van der Waals surface area contributed by atoms with Gasteiger partial charge in [-0.15, -0.1) is 0 Å². The second kappa shape index (κ2) is 5.89. The first-order valence-corrected chi connectivity index (χ1v) is 5.08. The molecule has 92 valence electrons. The van der Waals surface area contributed by atoms with Crippen molar-refractivity contribution in [3.05, 3.63) is 29.3 Å². The Bertz CT molecular complexity index is 429. The first-order valence-electron chi connectivity index (χ1n) is 5.08. The van der Waals surface area contributed by atoms with Crippen LogP contribution in [-0.4, -0.2) is 32.7 Å². The summed E-state index contributed by atoms with van der Waals surface area (Å²) in [4.78, 5) is 22.5. The summed E-state index contributed by atoms with van der Waals surface area (Å²) in [7, 11) is 2.62. The fourth-order valence-corrected chi connectivity index (χ4v) is 1.33. The molecule has 0 saturated heterocycles. The number of hydrogen-bond acceptors (Lipinski definition) is 5. The van der Waals surface area contributed by atoms with Gasteiger partial charge in [0.15, 0.2) is 0 Å². The average Bonchev–Trinajstić information content (AvgIpc) is 2.35. The molecule has 0 radical (unpaired) electrons. The van der Waals surface area contributed by atoms with E-state index < -0.39 is 11.9 Å². The van der Waals surface area contributed by atoms with Crippen LogP contribution in [0.4, 0.5) is 5.69 Å². The highest BCUT2D eigenvalue weighted by atomic mass is 16.5. The third kappa shape index (κ3) is 3.48. The Hall–Kier alpha value is -2.04. The molecule has 1 aromatic rings. The van der Waals surface area contributed by atoms with E-state index in [-0.39, 0.29) is 6.54 Å². The van der Waals surface area contributed by atoms with Gasteiger partial charge in [-0.3, -0.25) is 4.79 Å². The number of carbonyl (C=O) groups excluding carboxylic acids is 2. The van der Waals surface area contributed by atoms with E-state index in [1.807, 2.05) is 13.0 Å². The first kappa shape index (κ1) is 13.0. The molecular formula is C12H15NO4. The van der Waals surface area contributed by atoms with Gasteiger partial charge in [0.05, 0.1) is 19.8 Å². The second-order valence-electron chi connectivity index (χ2n) is 3.47. The van der Waals surface area contributed by atoms with E-state index in [1.54, 1.807) is 12.1 Å².